The molecule has 6 heteroatoms. The Morgan fingerprint density at radius 2 is 2.17 bits per heavy atom. The van der Waals surface area contributed by atoms with Gasteiger partial charge in [-0.05, 0) is 34.1 Å². The second-order valence-corrected chi connectivity index (χ2v) is 4.48. The number of hydrogen-bond donors (Lipinski definition) is 1. The highest BCUT2D eigenvalue weighted by molar-refractivity contribution is 9.10. The summed E-state index contributed by atoms with van der Waals surface area (Å²) < 4.78 is 12.7. The lowest BCUT2D eigenvalue weighted by molar-refractivity contribution is 0.419. The summed E-state index contributed by atoms with van der Waals surface area (Å²) in [7, 11) is 1.56. The Morgan fingerprint density at radius 3 is 2.83 bits per heavy atom. The van der Waals surface area contributed by atoms with Crippen LogP contribution in [0.3, 0.4) is 0 Å². The predicted octanol–water partition coefficient (Wildman–Crippen LogP) is 2.68. The van der Waals surface area contributed by atoms with E-state index in [-0.39, 0.29) is 5.69 Å². The van der Waals surface area contributed by atoms with E-state index in [1.165, 1.54) is 4.57 Å². The molecule has 0 spiro atoms. The minimum Gasteiger partial charge on any atom is -0.494 e. The van der Waals surface area contributed by atoms with E-state index in [2.05, 4.69) is 20.9 Å². The van der Waals surface area contributed by atoms with Gasteiger partial charge in [0.1, 0.15) is 11.3 Å². The topological polar surface area (TPSA) is 60.2 Å². The van der Waals surface area contributed by atoms with Crippen molar-refractivity contribution >= 4 is 27.0 Å². The normalized spacial score (nSPS) is 11.0. The first kappa shape index (κ1) is 11.2. The van der Waals surface area contributed by atoms with Crippen molar-refractivity contribution in [2.75, 3.05) is 7.11 Å². The van der Waals surface area contributed by atoms with Crippen LogP contribution in [0.5, 0.6) is 5.75 Å². The molecule has 0 bridgehead atoms. The molecule has 5 nitrogen and oxygen atoms in total. The van der Waals surface area contributed by atoms with Gasteiger partial charge in [0.15, 0.2) is 4.67 Å². The molecule has 0 saturated carbocycles. The fraction of sp³-hybridized carbons (Fsp3) is 0.0833. The zero-order valence-electron chi connectivity index (χ0n) is 9.44. The number of nitrogens with one attached hydrogen (secondary N) is 1. The van der Waals surface area contributed by atoms with E-state index in [4.69, 9.17) is 9.15 Å². The Morgan fingerprint density at radius 1 is 1.33 bits per heavy atom. The van der Waals surface area contributed by atoms with Gasteiger partial charge in [-0.15, -0.1) is 0 Å². The van der Waals surface area contributed by atoms with Gasteiger partial charge in [-0.25, -0.2) is 9.36 Å². The smallest absolute Gasteiger partial charge is 0.333 e. The number of ether oxygens (including phenoxy) is 1. The molecule has 0 atom stereocenters. The number of benzene rings is 1. The zero-order valence-corrected chi connectivity index (χ0v) is 11.0. The van der Waals surface area contributed by atoms with Gasteiger partial charge in [0.25, 0.3) is 0 Å². The van der Waals surface area contributed by atoms with Crippen molar-refractivity contribution in [3.05, 3.63) is 45.5 Å². The van der Waals surface area contributed by atoms with E-state index in [1.807, 2.05) is 12.1 Å². The number of rotatable bonds is 2. The number of aromatic amines is 1. The Bertz CT molecular complexity index is 769. The van der Waals surface area contributed by atoms with Gasteiger partial charge >= 0.3 is 5.69 Å². The van der Waals surface area contributed by atoms with Crippen LogP contribution in [0, 0.1) is 0 Å². The second kappa shape index (κ2) is 4.06. The first-order chi connectivity index (χ1) is 8.70. The second-order valence-electron chi connectivity index (χ2n) is 3.70. The van der Waals surface area contributed by atoms with Crippen LogP contribution in [0.15, 0.2) is 44.2 Å². The molecule has 92 valence electrons. The minimum absolute atomic E-state index is 0.267. The lowest BCUT2D eigenvalue weighted by atomic mass is 10.3. The number of fused-ring (bicyclic) bond motifs is 1. The molecule has 0 saturated heterocycles. The largest absolute Gasteiger partial charge is 0.494 e. The molecule has 1 N–H and O–H groups in total. The molecule has 0 aliphatic carbocycles. The summed E-state index contributed by atoms with van der Waals surface area (Å²) in [6, 6.07) is 8.90. The monoisotopic (exact) mass is 308 g/mol. The number of imidazole rings is 1. The van der Waals surface area contributed by atoms with Gasteiger partial charge in [-0.1, -0.05) is 6.07 Å². The lowest BCUT2D eigenvalue weighted by Gasteiger charge is -2.01. The maximum absolute atomic E-state index is 12.0. The molecular weight excluding hydrogens is 300 g/mol. The van der Waals surface area contributed by atoms with E-state index in [0.717, 1.165) is 0 Å². The van der Waals surface area contributed by atoms with Gasteiger partial charge in [-0.3, -0.25) is 0 Å². The van der Waals surface area contributed by atoms with E-state index < -0.39 is 0 Å². The molecule has 0 radical (unpaired) electrons. The summed E-state index contributed by atoms with van der Waals surface area (Å²) in [5, 5.41) is 0. The summed E-state index contributed by atoms with van der Waals surface area (Å²) in [5.41, 5.74) is 1.09. The number of hydrogen-bond acceptors (Lipinski definition) is 3. The molecule has 2 aromatic heterocycles. The summed E-state index contributed by atoms with van der Waals surface area (Å²) in [4.78, 5) is 14.8. The number of aromatic nitrogens is 2. The molecule has 0 aliphatic heterocycles. The molecule has 3 rings (SSSR count). The molecule has 2 heterocycles. The summed E-state index contributed by atoms with van der Waals surface area (Å²) in [6.45, 7) is 0. The summed E-state index contributed by atoms with van der Waals surface area (Å²) >= 11 is 3.22. The van der Waals surface area contributed by atoms with Crippen LogP contribution < -0.4 is 10.4 Å². The predicted molar refractivity (Wildman–Crippen MR) is 70.4 cm³/mol. The highest BCUT2D eigenvalue weighted by Gasteiger charge is 2.14. The maximum atomic E-state index is 12.0. The van der Waals surface area contributed by atoms with Crippen molar-refractivity contribution in [3.63, 3.8) is 0 Å². The van der Waals surface area contributed by atoms with Crippen molar-refractivity contribution in [3.8, 4) is 11.6 Å². The Kier molecular flexibility index (Phi) is 2.52. The Labute approximate surface area is 110 Å². The summed E-state index contributed by atoms with van der Waals surface area (Å²) in [6.07, 6.45) is 0. The molecule has 18 heavy (non-hydrogen) atoms. The van der Waals surface area contributed by atoms with Crippen molar-refractivity contribution < 1.29 is 9.15 Å². The number of para-hydroxylation sites is 1. The van der Waals surface area contributed by atoms with Crippen LogP contribution >= 0.6 is 15.9 Å². The Hall–Kier alpha value is -1.95. The maximum Gasteiger partial charge on any atom is 0.333 e. The minimum atomic E-state index is -0.267. The van der Waals surface area contributed by atoms with Crippen molar-refractivity contribution in [1.29, 1.82) is 0 Å². The van der Waals surface area contributed by atoms with Crippen LogP contribution in [0.4, 0.5) is 0 Å². The van der Waals surface area contributed by atoms with Crippen molar-refractivity contribution in [2.24, 2.45) is 0 Å². The third-order valence-corrected chi connectivity index (χ3v) is 3.11. The quantitative estimate of drug-likeness (QED) is 0.792. The number of methoxy groups -OCH3 is 1. The van der Waals surface area contributed by atoms with Gasteiger partial charge < -0.3 is 14.1 Å². The van der Waals surface area contributed by atoms with Crippen LogP contribution in [-0.4, -0.2) is 16.7 Å². The van der Waals surface area contributed by atoms with E-state index >= 15 is 0 Å². The van der Waals surface area contributed by atoms with Crippen molar-refractivity contribution in [1.82, 2.24) is 9.55 Å². The first-order valence-corrected chi connectivity index (χ1v) is 6.03. The molecule has 0 unspecified atom stereocenters. The fourth-order valence-corrected chi connectivity index (χ4v) is 2.22. The van der Waals surface area contributed by atoms with E-state index in [9.17, 15) is 4.79 Å². The summed E-state index contributed by atoms with van der Waals surface area (Å²) in [5.74, 6) is 1.07. The highest BCUT2D eigenvalue weighted by atomic mass is 79.9. The number of H-pyrrole nitrogens is 1. The van der Waals surface area contributed by atoms with Crippen molar-refractivity contribution in [2.45, 2.75) is 0 Å². The molecule has 1 aromatic carbocycles. The van der Waals surface area contributed by atoms with Crippen LogP contribution in [0.1, 0.15) is 0 Å². The van der Waals surface area contributed by atoms with Crippen LogP contribution in [0.25, 0.3) is 16.9 Å². The number of nitrogens with zero attached hydrogens (tertiary/aromatic N) is 1. The number of furan rings is 1. The number of halogens is 1. The Balaban J connectivity index is 2.36. The van der Waals surface area contributed by atoms with Crippen LogP contribution in [-0.2, 0) is 0 Å². The average Bonchev–Trinajstić information content (AvgIpc) is 2.91. The fourth-order valence-electron chi connectivity index (χ4n) is 1.92. The SMILES string of the molecule is COc1cccc2c1[nH]c(=O)n2-c1ccc(Br)o1. The zero-order chi connectivity index (χ0) is 12.7. The third-order valence-electron chi connectivity index (χ3n) is 2.68. The van der Waals surface area contributed by atoms with Gasteiger partial charge in [0.05, 0.1) is 12.6 Å². The standard InChI is InChI=1S/C12H9BrN2O3/c1-17-8-4-2-3-7-11(8)14-12(16)15(7)10-6-5-9(13)18-10/h2-6H,1H3,(H,14,16). The molecular formula is C12H9BrN2O3. The van der Waals surface area contributed by atoms with E-state index in [1.54, 1.807) is 25.3 Å². The average molecular weight is 309 g/mol. The van der Waals surface area contributed by atoms with Gasteiger partial charge in [-0.2, -0.15) is 0 Å². The van der Waals surface area contributed by atoms with Gasteiger partial charge in [0.2, 0.25) is 5.88 Å². The molecule has 0 amide bonds. The van der Waals surface area contributed by atoms with E-state index in [0.29, 0.717) is 27.3 Å². The first-order valence-electron chi connectivity index (χ1n) is 5.24. The van der Waals surface area contributed by atoms with Gasteiger partial charge in [0, 0.05) is 6.07 Å². The highest BCUT2D eigenvalue weighted by Crippen LogP contribution is 2.25. The molecule has 0 aliphatic rings. The molecule has 3 aromatic rings. The van der Waals surface area contributed by atoms with Crippen LogP contribution in [0.2, 0.25) is 0 Å². The third kappa shape index (κ3) is 1.57. The molecule has 0 fully saturated rings. The lowest BCUT2D eigenvalue weighted by Crippen LogP contribution is -2.13.